The Morgan fingerprint density at radius 3 is 2.56 bits per heavy atom. The molecule has 4 rings (SSSR count). The normalized spacial score (nSPS) is 18.0. The molecule has 0 atom stereocenters. The Hall–Kier alpha value is -2.70. The lowest BCUT2D eigenvalue weighted by Gasteiger charge is -2.27. The van der Waals surface area contributed by atoms with Crippen molar-refractivity contribution in [1.29, 1.82) is 0 Å². The molecule has 1 aromatic carbocycles. The maximum absolute atomic E-state index is 14.7. The number of carbonyl (C=O) groups is 1. The van der Waals surface area contributed by atoms with Crippen LogP contribution in [0.1, 0.15) is 29.2 Å². The number of carboxylic acids is 1. The van der Waals surface area contributed by atoms with E-state index < -0.39 is 17.2 Å². The molecule has 2 aromatic rings. The quantitative estimate of drug-likeness (QED) is 0.861. The molecule has 7 heteroatoms. The summed E-state index contributed by atoms with van der Waals surface area (Å²) in [7, 11) is 0. The topological polar surface area (TPSA) is 65.6 Å². The van der Waals surface area contributed by atoms with E-state index in [1.54, 1.807) is 6.07 Å². The summed E-state index contributed by atoms with van der Waals surface area (Å²) in [6, 6.07) is 3.06. The number of carboxylic acid groups (broad SMARTS) is 1. The average Bonchev–Trinajstić information content (AvgIpc) is 3.41. The smallest absolute Gasteiger partial charge is 0.341 e. The second-order valence-electron chi connectivity index (χ2n) is 6.74. The minimum atomic E-state index is -1.28. The molecule has 1 aliphatic heterocycles. The number of piperazine rings is 1. The van der Waals surface area contributed by atoms with E-state index in [0.29, 0.717) is 24.3 Å². The van der Waals surface area contributed by atoms with E-state index in [9.17, 15) is 19.1 Å². The fraction of sp³-hybridized carbons (Fsp3) is 0.389. The molecule has 0 bridgehead atoms. The van der Waals surface area contributed by atoms with Gasteiger partial charge in [0.25, 0.3) is 0 Å². The molecule has 2 heterocycles. The molecule has 0 unspecified atom stereocenters. The molecular formula is C18H19FN3O3+. The first-order chi connectivity index (χ1) is 12.0. The Kier molecular flexibility index (Phi) is 3.59. The molecule has 2 fully saturated rings. The molecule has 1 saturated heterocycles. The van der Waals surface area contributed by atoms with E-state index in [1.165, 1.54) is 12.3 Å². The average molecular weight is 344 g/mol. The highest BCUT2D eigenvalue weighted by Crippen LogP contribution is 2.38. The minimum absolute atomic E-state index is 0.129. The number of aromatic carboxylic acids is 1. The van der Waals surface area contributed by atoms with Crippen LogP contribution in [0, 0.1) is 5.82 Å². The molecular weight excluding hydrogens is 325 g/mol. The van der Waals surface area contributed by atoms with Gasteiger partial charge in [-0.05, 0) is 25.0 Å². The molecule has 130 valence electrons. The number of nitrogens with zero attached hydrogens (tertiary/aromatic N) is 3. The van der Waals surface area contributed by atoms with Crippen molar-refractivity contribution < 1.29 is 18.9 Å². The van der Waals surface area contributed by atoms with Gasteiger partial charge in [-0.1, -0.05) is 0 Å². The number of aromatic nitrogens is 1. The Morgan fingerprint density at radius 2 is 1.96 bits per heavy atom. The van der Waals surface area contributed by atoms with E-state index in [1.807, 2.05) is 14.0 Å². The van der Waals surface area contributed by atoms with Crippen molar-refractivity contribution >= 4 is 29.3 Å². The molecule has 1 aliphatic carbocycles. The number of benzene rings is 1. The van der Waals surface area contributed by atoms with E-state index in [-0.39, 0.29) is 17.0 Å². The Labute approximate surface area is 143 Å². The Morgan fingerprint density at radius 1 is 1.28 bits per heavy atom. The van der Waals surface area contributed by atoms with Gasteiger partial charge in [0.15, 0.2) is 13.1 Å². The summed E-state index contributed by atoms with van der Waals surface area (Å²) >= 11 is 0. The predicted molar refractivity (Wildman–Crippen MR) is 92.7 cm³/mol. The van der Waals surface area contributed by atoms with Gasteiger partial charge in [0, 0.05) is 17.6 Å². The summed E-state index contributed by atoms with van der Waals surface area (Å²) in [6.45, 7) is 6.69. The lowest BCUT2D eigenvalue weighted by atomic mass is 10.1. The number of anilines is 1. The molecule has 0 radical (unpaired) electrons. The predicted octanol–water partition coefficient (Wildman–Crippen LogP) is 1.71. The van der Waals surface area contributed by atoms with Crippen molar-refractivity contribution in [3.63, 3.8) is 0 Å². The lowest BCUT2D eigenvalue weighted by Crippen LogP contribution is -2.41. The maximum atomic E-state index is 14.7. The zero-order valence-corrected chi connectivity index (χ0v) is 13.7. The highest BCUT2D eigenvalue weighted by Gasteiger charge is 2.28. The summed E-state index contributed by atoms with van der Waals surface area (Å²) in [6.07, 6.45) is 3.27. The van der Waals surface area contributed by atoms with E-state index in [4.69, 9.17) is 0 Å². The summed E-state index contributed by atoms with van der Waals surface area (Å²) in [5, 5.41) is 9.41. The molecule has 1 saturated carbocycles. The van der Waals surface area contributed by atoms with Gasteiger partial charge in [-0.2, -0.15) is 0 Å². The highest BCUT2D eigenvalue weighted by molar-refractivity contribution is 5.93. The number of hydrogen-bond acceptors (Lipinski definition) is 3. The third-order valence-corrected chi connectivity index (χ3v) is 4.98. The van der Waals surface area contributed by atoms with Crippen molar-refractivity contribution in [2.75, 3.05) is 31.1 Å². The van der Waals surface area contributed by atoms with Crippen molar-refractivity contribution in [3.8, 4) is 0 Å². The molecule has 0 amide bonds. The van der Waals surface area contributed by atoms with Crippen LogP contribution in [0.5, 0.6) is 0 Å². The number of hydrogen-bond donors (Lipinski definition) is 1. The van der Waals surface area contributed by atoms with Gasteiger partial charge < -0.3 is 14.6 Å². The minimum Gasteiger partial charge on any atom is -0.477 e. The van der Waals surface area contributed by atoms with Crippen LogP contribution in [0.2, 0.25) is 0 Å². The number of rotatable bonds is 3. The Bertz CT molecular complexity index is 952. The second kappa shape index (κ2) is 5.68. The highest BCUT2D eigenvalue weighted by atomic mass is 19.1. The van der Waals surface area contributed by atoms with Crippen LogP contribution in [-0.4, -0.2) is 53.1 Å². The third kappa shape index (κ3) is 2.69. The summed E-state index contributed by atoms with van der Waals surface area (Å²) in [4.78, 5) is 25.8. The van der Waals surface area contributed by atoms with Gasteiger partial charge in [0.05, 0.1) is 24.3 Å². The van der Waals surface area contributed by atoms with Crippen LogP contribution in [0.15, 0.2) is 23.1 Å². The third-order valence-electron chi connectivity index (χ3n) is 4.98. The van der Waals surface area contributed by atoms with Gasteiger partial charge in [0.2, 0.25) is 5.43 Å². The van der Waals surface area contributed by atoms with E-state index >= 15 is 0 Å². The van der Waals surface area contributed by atoms with Crippen LogP contribution >= 0.6 is 0 Å². The summed E-state index contributed by atoms with van der Waals surface area (Å²) in [5.74, 6) is -1.77. The fourth-order valence-corrected chi connectivity index (χ4v) is 3.40. The van der Waals surface area contributed by atoms with Crippen molar-refractivity contribution in [3.05, 3.63) is 39.9 Å². The SMILES string of the molecule is C=[N+]1CCN(c2cc3c(cc2F)c(=O)c(C(=O)O)cn3C2CC2)CC1. The zero-order valence-electron chi connectivity index (χ0n) is 13.7. The molecule has 6 nitrogen and oxygen atoms in total. The first-order valence-electron chi connectivity index (χ1n) is 8.38. The van der Waals surface area contributed by atoms with Gasteiger partial charge >= 0.3 is 5.97 Å². The number of halogens is 1. The maximum Gasteiger partial charge on any atom is 0.341 e. The second-order valence-corrected chi connectivity index (χ2v) is 6.74. The van der Waals surface area contributed by atoms with Crippen LogP contribution in [-0.2, 0) is 0 Å². The standard InChI is InChI=1S/C18H18FN3O3/c1-20-4-6-21(7-5-20)16-9-15-12(8-14(16)19)17(23)13(18(24)25)10-22(15)11-2-3-11/h8-11H,1-7H2/p+1. The molecule has 0 spiro atoms. The first-order valence-corrected chi connectivity index (χ1v) is 8.38. The van der Waals surface area contributed by atoms with Crippen molar-refractivity contribution in [2.24, 2.45) is 0 Å². The monoisotopic (exact) mass is 344 g/mol. The van der Waals surface area contributed by atoms with Gasteiger partial charge in [0.1, 0.15) is 18.1 Å². The largest absolute Gasteiger partial charge is 0.477 e. The first kappa shape index (κ1) is 15.8. The van der Waals surface area contributed by atoms with Crippen LogP contribution < -0.4 is 10.3 Å². The summed E-state index contributed by atoms with van der Waals surface area (Å²) < 4.78 is 18.5. The van der Waals surface area contributed by atoms with Gasteiger partial charge in [-0.3, -0.25) is 4.79 Å². The van der Waals surface area contributed by atoms with Crippen molar-refractivity contribution in [1.82, 2.24) is 4.57 Å². The van der Waals surface area contributed by atoms with Crippen LogP contribution in [0.3, 0.4) is 0 Å². The molecule has 2 aliphatic rings. The molecule has 1 N–H and O–H groups in total. The molecule has 1 aromatic heterocycles. The van der Waals surface area contributed by atoms with Gasteiger partial charge in [-0.15, -0.1) is 0 Å². The summed E-state index contributed by atoms with van der Waals surface area (Å²) in [5.41, 5.74) is 0.119. The van der Waals surface area contributed by atoms with Gasteiger partial charge in [-0.25, -0.2) is 13.8 Å². The lowest BCUT2D eigenvalue weighted by molar-refractivity contribution is -0.521. The molecule has 25 heavy (non-hydrogen) atoms. The zero-order chi connectivity index (χ0) is 17.7. The number of pyridine rings is 1. The number of fused-ring (bicyclic) bond motifs is 1. The van der Waals surface area contributed by atoms with E-state index in [2.05, 4.69) is 6.72 Å². The van der Waals surface area contributed by atoms with Crippen LogP contribution in [0.4, 0.5) is 10.1 Å². The van der Waals surface area contributed by atoms with Crippen molar-refractivity contribution in [2.45, 2.75) is 18.9 Å². The van der Waals surface area contributed by atoms with E-state index in [0.717, 1.165) is 25.9 Å². The fourth-order valence-electron chi connectivity index (χ4n) is 3.40. The Balaban J connectivity index is 1.91. The van der Waals surface area contributed by atoms with Crippen LogP contribution in [0.25, 0.3) is 10.9 Å².